The molecule has 0 saturated heterocycles. The number of sulfonamides is 1. The number of anilines is 2. The molecule has 0 aliphatic carbocycles. The lowest BCUT2D eigenvalue weighted by molar-refractivity contribution is 0.119. The molecule has 0 fully saturated rings. The van der Waals surface area contributed by atoms with E-state index in [1.807, 2.05) is 71.8 Å². The Morgan fingerprint density at radius 1 is 1.00 bits per heavy atom. The number of hydrogen-bond donors (Lipinski definition) is 1. The number of nitrogens with zero attached hydrogens (tertiary/aromatic N) is 7. The zero-order chi connectivity index (χ0) is 33.8. The monoisotopic (exact) mass is 682 g/mol. The maximum absolute atomic E-state index is 13.6. The smallest absolute Gasteiger partial charge is 0.221 e. The molecule has 2 aromatic carbocycles. The summed E-state index contributed by atoms with van der Waals surface area (Å²) in [6, 6.07) is 21.3. The Balaban J connectivity index is 1.32. The molecule has 0 radical (unpaired) electrons. The fraction of sp³-hybridized carbons (Fsp3) is 0.206. The molecule has 0 spiro atoms. The van der Waals surface area contributed by atoms with Gasteiger partial charge < -0.3 is 9.64 Å². The molecule has 1 atom stereocenters. The van der Waals surface area contributed by atoms with Gasteiger partial charge >= 0.3 is 0 Å². The van der Waals surface area contributed by atoms with E-state index >= 15 is 0 Å². The maximum atomic E-state index is 13.6. The number of imidazole rings is 1. The van der Waals surface area contributed by atoms with Crippen molar-refractivity contribution in [2.45, 2.75) is 32.1 Å². The number of hydrogen-bond acceptors (Lipinski definition) is 10. The molecule has 0 bridgehead atoms. The number of pyridine rings is 1. The zero-order valence-electron chi connectivity index (χ0n) is 26.1. The van der Waals surface area contributed by atoms with E-state index in [-0.39, 0.29) is 24.9 Å². The molecule has 6 aromatic rings. The van der Waals surface area contributed by atoms with Crippen molar-refractivity contribution in [2.24, 2.45) is 5.14 Å². The van der Waals surface area contributed by atoms with Crippen LogP contribution in [0.2, 0.25) is 0 Å². The number of ether oxygens (including phenoxy) is 1. The third kappa shape index (κ3) is 6.80. The van der Waals surface area contributed by atoms with Crippen molar-refractivity contribution in [3.05, 3.63) is 113 Å². The minimum atomic E-state index is -4.06. The number of aromatic nitrogens is 5. The zero-order valence-corrected chi connectivity index (χ0v) is 27.7. The highest BCUT2D eigenvalue weighted by Crippen LogP contribution is 2.38. The number of nitrogens with two attached hydrogens (primary N) is 1. The van der Waals surface area contributed by atoms with Crippen LogP contribution in [0.1, 0.15) is 41.1 Å². The van der Waals surface area contributed by atoms with Gasteiger partial charge in [0, 0.05) is 41.8 Å². The average Bonchev–Trinajstić information content (AvgIpc) is 3.69. The molecule has 244 valence electrons. The number of aryl methyl sites for hydroxylation is 1. The van der Waals surface area contributed by atoms with E-state index in [0.717, 1.165) is 22.6 Å². The first-order valence-corrected chi connectivity index (χ1v) is 17.5. The highest BCUT2D eigenvalue weighted by atomic mass is 32.2. The summed E-state index contributed by atoms with van der Waals surface area (Å²) in [6.45, 7) is 4.57. The summed E-state index contributed by atoms with van der Waals surface area (Å²) in [4.78, 5) is 20.9. The van der Waals surface area contributed by atoms with E-state index in [4.69, 9.17) is 19.8 Å². The minimum absolute atomic E-state index is 0.0400. The second-order valence-electron chi connectivity index (χ2n) is 10.8. The highest BCUT2D eigenvalue weighted by molar-refractivity contribution is 7.89. The lowest BCUT2D eigenvalue weighted by Crippen LogP contribution is -2.27. The predicted molar refractivity (Wildman–Crippen MR) is 182 cm³/mol. The van der Waals surface area contributed by atoms with Crippen molar-refractivity contribution in [3.8, 4) is 28.5 Å². The first-order chi connectivity index (χ1) is 23.2. The lowest BCUT2D eigenvalue weighted by atomic mass is 10.1. The Morgan fingerprint density at radius 2 is 1.71 bits per heavy atom. The lowest BCUT2D eigenvalue weighted by Gasteiger charge is -2.21. The van der Waals surface area contributed by atoms with Gasteiger partial charge in [0.2, 0.25) is 10.0 Å². The van der Waals surface area contributed by atoms with Gasteiger partial charge in [-0.3, -0.25) is 4.40 Å². The molecule has 0 amide bonds. The summed E-state index contributed by atoms with van der Waals surface area (Å²) in [6.07, 6.45) is 5.67. The van der Waals surface area contributed by atoms with Crippen LogP contribution in [0.3, 0.4) is 0 Å². The summed E-state index contributed by atoms with van der Waals surface area (Å²) in [5, 5.41) is 14.8. The Kier molecular flexibility index (Phi) is 9.56. The molecule has 0 saturated carbocycles. The first kappa shape index (κ1) is 32.9. The van der Waals surface area contributed by atoms with Crippen molar-refractivity contribution >= 4 is 38.0 Å². The number of rotatable bonds is 12. The van der Waals surface area contributed by atoms with Crippen LogP contribution in [0.4, 0.5) is 15.3 Å². The summed E-state index contributed by atoms with van der Waals surface area (Å²) in [7, 11) is -4.06. The van der Waals surface area contributed by atoms with Crippen molar-refractivity contribution < 1.29 is 17.5 Å². The van der Waals surface area contributed by atoms with Crippen molar-refractivity contribution in [3.63, 3.8) is 0 Å². The Bertz CT molecular complexity index is 2200. The molecule has 6 rings (SSSR count). The second-order valence-corrected chi connectivity index (χ2v) is 13.6. The van der Waals surface area contributed by atoms with E-state index in [1.54, 1.807) is 24.5 Å². The van der Waals surface area contributed by atoms with Crippen molar-refractivity contribution in [1.29, 1.82) is 5.26 Å². The van der Waals surface area contributed by atoms with Gasteiger partial charge in [-0.15, -0.1) is 0 Å². The molecule has 11 nitrogen and oxygen atoms in total. The summed E-state index contributed by atoms with van der Waals surface area (Å²) in [5.74, 6) is 0.468. The van der Waals surface area contributed by atoms with Gasteiger partial charge in [-0.2, -0.15) is 5.26 Å². The summed E-state index contributed by atoms with van der Waals surface area (Å²) >= 11 is 1.26. The molecule has 0 aliphatic rings. The first-order valence-electron chi connectivity index (χ1n) is 15.1. The van der Waals surface area contributed by atoms with E-state index in [2.05, 4.69) is 16.0 Å². The van der Waals surface area contributed by atoms with Crippen molar-refractivity contribution in [2.75, 3.05) is 18.1 Å². The quantitative estimate of drug-likeness (QED) is 0.159. The molecule has 2 N–H and O–H groups in total. The van der Waals surface area contributed by atoms with Gasteiger partial charge in [0.25, 0.3) is 0 Å². The van der Waals surface area contributed by atoms with Crippen LogP contribution >= 0.6 is 11.3 Å². The fourth-order valence-corrected chi connectivity index (χ4v) is 6.93. The van der Waals surface area contributed by atoms with Crippen LogP contribution in [-0.4, -0.2) is 45.9 Å². The number of fused-ring (bicyclic) bond motifs is 1. The molecule has 1 unspecified atom stereocenters. The third-order valence-electron chi connectivity index (χ3n) is 7.71. The topological polar surface area (TPSA) is 152 Å². The molecule has 14 heteroatoms. The predicted octanol–water partition coefficient (Wildman–Crippen LogP) is 6.19. The van der Waals surface area contributed by atoms with Crippen LogP contribution in [0, 0.1) is 17.1 Å². The van der Waals surface area contributed by atoms with Gasteiger partial charge in [0.15, 0.2) is 10.4 Å². The van der Waals surface area contributed by atoms with E-state index in [9.17, 15) is 18.1 Å². The number of halogens is 1. The van der Waals surface area contributed by atoms with Gasteiger partial charge in [0.05, 0.1) is 18.9 Å². The summed E-state index contributed by atoms with van der Waals surface area (Å²) < 4.78 is 46.1. The molecule has 4 heterocycles. The third-order valence-corrected chi connectivity index (χ3v) is 9.83. The van der Waals surface area contributed by atoms with Crippen LogP contribution in [-0.2, 0) is 27.8 Å². The molecule has 4 aromatic heterocycles. The van der Waals surface area contributed by atoms with E-state index in [1.165, 1.54) is 23.5 Å². The Hall–Kier alpha value is -5.07. The maximum Gasteiger partial charge on any atom is 0.221 e. The number of nitriles is 1. The van der Waals surface area contributed by atoms with Crippen LogP contribution in [0.15, 0.2) is 85.3 Å². The molecular formula is C34H31FN8O3S2. The molecule has 48 heavy (non-hydrogen) atoms. The van der Waals surface area contributed by atoms with Gasteiger partial charge in [0.1, 0.15) is 39.7 Å². The summed E-state index contributed by atoms with van der Waals surface area (Å²) in [5.41, 5.74) is 5.01. The molecular weight excluding hydrogens is 652 g/mol. The second kappa shape index (κ2) is 14.0. The minimum Gasteiger partial charge on any atom is -0.375 e. The normalized spacial score (nSPS) is 12.2. The number of thiazole rings is 1. The number of benzene rings is 2. The van der Waals surface area contributed by atoms with Gasteiger partial charge in [-0.1, -0.05) is 48.6 Å². The standard InChI is InChI=1S/C34H31FN8O3S2/c1-3-27-33(42(4-2)34-41-31(28(16-36)47-34)23-10-13-26(35)14-11-23)43-19-24(12-15-30(43)40-27)25-17-38-32(39-18-25)29(48(37,44)45)21-46-20-22-8-6-5-7-9-22/h5-15,17-19,29H,3-4,20-21H2,1-2H3,(H2,37,44,45). The largest absolute Gasteiger partial charge is 0.375 e. The number of primary sulfonamides is 1. The van der Waals surface area contributed by atoms with Crippen LogP contribution < -0.4 is 10.0 Å². The Morgan fingerprint density at radius 3 is 2.35 bits per heavy atom. The highest BCUT2D eigenvalue weighted by Gasteiger charge is 2.28. The average molecular weight is 683 g/mol. The van der Waals surface area contributed by atoms with Gasteiger partial charge in [-0.05, 0) is 55.3 Å². The van der Waals surface area contributed by atoms with E-state index in [0.29, 0.717) is 45.4 Å². The van der Waals surface area contributed by atoms with E-state index < -0.39 is 15.3 Å². The van der Waals surface area contributed by atoms with Crippen LogP contribution in [0.25, 0.3) is 28.0 Å². The van der Waals surface area contributed by atoms with Crippen molar-refractivity contribution in [1.82, 2.24) is 24.3 Å². The Labute approximate surface area is 281 Å². The van der Waals surface area contributed by atoms with Gasteiger partial charge in [-0.25, -0.2) is 37.9 Å². The fourth-order valence-electron chi connectivity index (χ4n) is 5.28. The SMILES string of the molecule is CCc1nc2ccc(-c3cnc(C(COCc4ccccc4)S(N)(=O)=O)nc3)cn2c1N(CC)c1nc(-c2ccc(F)cc2)c(C#N)s1. The molecule has 0 aliphatic heterocycles. The van der Waals surface area contributed by atoms with Crippen LogP contribution in [0.5, 0.6) is 0 Å².